The fraction of sp³-hybridized carbons (Fsp3) is 0.0455. The van der Waals surface area contributed by atoms with Crippen molar-refractivity contribution < 1.29 is 14.0 Å². The minimum atomic E-state index is -1.24. The highest BCUT2D eigenvalue weighted by molar-refractivity contribution is 6.30. The van der Waals surface area contributed by atoms with Crippen LogP contribution in [0.5, 0.6) is 0 Å². The Morgan fingerprint density at radius 2 is 1.62 bits per heavy atom. The molecule has 1 aliphatic heterocycles. The van der Waals surface area contributed by atoms with E-state index in [2.05, 4.69) is 15.6 Å². The van der Waals surface area contributed by atoms with Crippen LogP contribution in [0, 0.1) is 5.82 Å². The van der Waals surface area contributed by atoms with Gasteiger partial charge in [0, 0.05) is 21.7 Å². The standard InChI is InChI=1S/C22H15ClFN3O2/c23-14-11-9-13(10-12-14)21(28)27-20-22(29)25-18-8-4-2-6-16(18)19(26-20)15-5-1-3-7-17(15)24/h1-12,20H,(H,25,29)(H,27,28)/t20-/m1/s1. The number of hydrogen-bond donors (Lipinski definition) is 2. The Labute approximate surface area is 171 Å². The number of nitrogens with one attached hydrogen (secondary N) is 2. The number of fused-ring (bicyclic) bond motifs is 1. The number of benzene rings is 3. The van der Waals surface area contributed by atoms with Crippen LogP contribution in [0.1, 0.15) is 21.5 Å². The lowest BCUT2D eigenvalue weighted by molar-refractivity contribution is -0.117. The van der Waals surface area contributed by atoms with Crippen molar-refractivity contribution in [3.8, 4) is 0 Å². The lowest BCUT2D eigenvalue weighted by Crippen LogP contribution is -2.42. The van der Waals surface area contributed by atoms with E-state index in [9.17, 15) is 14.0 Å². The van der Waals surface area contributed by atoms with Crippen LogP contribution in [0.3, 0.4) is 0 Å². The normalized spacial score (nSPS) is 15.6. The summed E-state index contributed by atoms with van der Waals surface area (Å²) in [7, 11) is 0. The van der Waals surface area contributed by atoms with Gasteiger partial charge in [-0.05, 0) is 42.5 Å². The van der Waals surface area contributed by atoms with E-state index in [1.807, 2.05) is 0 Å². The fourth-order valence-electron chi connectivity index (χ4n) is 3.03. The predicted octanol–water partition coefficient (Wildman–Crippen LogP) is 4.02. The van der Waals surface area contributed by atoms with Gasteiger partial charge >= 0.3 is 0 Å². The molecule has 2 N–H and O–H groups in total. The van der Waals surface area contributed by atoms with Crippen LogP contribution in [0.15, 0.2) is 77.8 Å². The van der Waals surface area contributed by atoms with Crippen LogP contribution in [0.25, 0.3) is 0 Å². The number of anilines is 1. The lowest BCUT2D eigenvalue weighted by Gasteiger charge is -2.13. The Bertz CT molecular complexity index is 1130. The van der Waals surface area contributed by atoms with E-state index in [4.69, 9.17) is 11.6 Å². The van der Waals surface area contributed by atoms with Gasteiger partial charge in [-0.1, -0.05) is 41.9 Å². The molecule has 0 aliphatic carbocycles. The number of hydrogen-bond acceptors (Lipinski definition) is 3. The van der Waals surface area contributed by atoms with Crippen molar-refractivity contribution >= 4 is 34.8 Å². The van der Waals surface area contributed by atoms with Crippen molar-refractivity contribution in [3.05, 3.63) is 100 Å². The molecule has 1 heterocycles. The zero-order valence-electron chi connectivity index (χ0n) is 15.0. The molecule has 1 atom stereocenters. The van der Waals surface area contributed by atoms with E-state index in [1.54, 1.807) is 66.7 Å². The Morgan fingerprint density at radius 3 is 2.34 bits per heavy atom. The van der Waals surface area contributed by atoms with Gasteiger partial charge in [-0.2, -0.15) is 0 Å². The van der Waals surface area contributed by atoms with E-state index in [1.165, 1.54) is 6.07 Å². The number of aliphatic imine (C=N–C) groups is 1. The summed E-state index contributed by atoms with van der Waals surface area (Å²) in [4.78, 5) is 29.7. The van der Waals surface area contributed by atoms with Gasteiger partial charge in [0.2, 0.25) is 6.17 Å². The molecule has 0 saturated heterocycles. The van der Waals surface area contributed by atoms with Crippen LogP contribution >= 0.6 is 11.6 Å². The number of para-hydroxylation sites is 1. The highest BCUT2D eigenvalue weighted by atomic mass is 35.5. The minimum absolute atomic E-state index is 0.238. The average molecular weight is 408 g/mol. The molecule has 5 nitrogen and oxygen atoms in total. The average Bonchev–Trinajstić information content (AvgIpc) is 2.85. The Hall–Kier alpha value is -3.51. The second-order valence-corrected chi connectivity index (χ2v) is 6.81. The van der Waals surface area contributed by atoms with E-state index < -0.39 is 23.8 Å². The van der Waals surface area contributed by atoms with Gasteiger partial charge in [0.1, 0.15) is 5.82 Å². The van der Waals surface area contributed by atoms with Gasteiger partial charge in [-0.25, -0.2) is 9.38 Å². The summed E-state index contributed by atoms with van der Waals surface area (Å²) < 4.78 is 14.5. The second-order valence-electron chi connectivity index (χ2n) is 6.38. The SMILES string of the molecule is O=C(N[C@H]1N=C(c2ccccc2F)c2ccccc2NC1=O)c1ccc(Cl)cc1. The first kappa shape index (κ1) is 18.8. The van der Waals surface area contributed by atoms with Crippen LogP contribution in [-0.4, -0.2) is 23.7 Å². The lowest BCUT2D eigenvalue weighted by atomic mass is 10.0. The molecular weight excluding hydrogens is 393 g/mol. The van der Waals surface area contributed by atoms with Crippen molar-refractivity contribution in [2.45, 2.75) is 6.17 Å². The van der Waals surface area contributed by atoms with Gasteiger partial charge in [0.05, 0.1) is 11.4 Å². The molecule has 0 unspecified atom stereocenters. The molecule has 0 saturated carbocycles. The molecule has 1 aliphatic rings. The summed E-state index contributed by atoms with van der Waals surface area (Å²) in [6.45, 7) is 0. The molecule has 0 bridgehead atoms. The number of carbonyl (C=O) groups is 2. The molecule has 0 spiro atoms. The molecule has 3 aromatic rings. The quantitative estimate of drug-likeness (QED) is 0.688. The molecule has 4 rings (SSSR count). The molecule has 3 aromatic carbocycles. The van der Waals surface area contributed by atoms with Crippen molar-refractivity contribution in [2.75, 3.05) is 5.32 Å². The molecule has 7 heteroatoms. The van der Waals surface area contributed by atoms with Gasteiger partial charge < -0.3 is 10.6 Å². The van der Waals surface area contributed by atoms with Gasteiger partial charge in [0.25, 0.3) is 11.8 Å². The van der Waals surface area contributed by atoms with Crippen molar-refractivity contribution in [1.29, 1.82) is 0 Å². The molecule has 0 fully saturated rings. The fourth-order valence-corrected chi connectivity index (χ4v) is 3.16. The zero-order valence-corrected chi connectivity index (χ0v) is 15.8. The van der Waals surface area contributed by atoms with Crippen molar-refractivity contribution in [2.24, 2.45) is 4.99 Å². The van der Waals surface area contributed by atoms with E-state index in [-0.39, 0.29) is 11.3 Å². The molecule has 0 aromatic heterocycles. The number of nitrogens with zero attached hydrogens (tertiary/aromatic N) is 1. The van der Waals surface area contributed by atoms with Gasteiger partial charge in [-0.15, -0.1) is 0 Å². The van der Waals surface area contributed by atoms with Crippen LogP contribution in [0.4, 0.5) is 10.1 Å². The topological polar surface area (TPSA) is 70.6 Å². The van der Waals surface area contributed by atoms with Crippen molar-refractivity contribution in [3.63, 3.8) is 0 Å². The monoisotopic (exact) mass is 407 g/mol. The summed E-state index contributed by atoms with van der Waals surface area (Å²) in [5.74, 6) is -1.49. The van der Waals surface area contributed by atoms with E-state index in [0.29, 0.717) is 21.8 Å². The van der Waals surface area contributed by atoms with Gasteiger partial charge in [-0.3, -0.25) is 9.59 Å². The summed E-state index contributed by atoms with van der Waals surface area (Å²) >= 11 is 5.85. The minimum Gasteiger partial charge on any atom is -0.322 e. The highest BCUT2D eigenvalue weighted by Gasteiger charge is 2.28. The summed E-state index contributed by atoms with van der Waals surface area (Å²) in [5, 5.41) is 5.83. The first-order chi connectivity index (χ1) is 14.0. The van der Waals surface area contributed by atoms with Crippen molar-refractivity contribution in [1.82, 2.24) is 5.32 Å². The van der Waals surface area contributed by atoms with E-state index >= 15 is 0 Å². The number of benzodiazepines with no additional fused rings is 1. The molecule has 0 radical (unpaired) electrons. The maximum absolute atomic E-state index is 14.5. The van der Waals surface area contributed by atoms with Crippen LogP contribution in [0.2, 0.25) is 5.02 Å². The largest absolute Gasteiger partial charge is 0.322 e. The zero-order chi connectivity index (χ0) is 20.4. The highest BCUT2D eigenvalue weighted by Crippen LogP contribution is 2.25. The van der Waals surface area contributed by atoms with Crippen LogP contribution < -0.4 is 10.6 Å². The number of amides is 2. The summed E-state index contributed by atoms with van der Waals surface area (Å²) in [6, 6.07) is 19.4. The number of halogens is 2. The Balaban J connectivity index is 1.76. The third-order valence-electron chi connectivity index (χ3n) is 4.45. The third kappa shape index (κ3) is 3.88. The molecule has 29 heavy (non-hydrogen) atoms. The van der Waals surface area contributed by atoms with Gasteiger partial charge in [0.15, 0.2) is 0 Å². The molecular formula is C22H15ClFN3O2. The number of carbonyl (C=O) groups excluding carboxylic acids is 2. The smallest absolute Gasteiger partial charge is 0.269 e. The second kappa shape index (κ2) is 7.85. The van der Waals surface area contributed by atoms with E-state index in [0.717, 1.165) is 0 Å². The van der Waals surface area contributed by atoms with Crippen LogP contribution in [-0.2, 0) is 4.79 Å². The maximum Gasteiger partial charge on any atom is 0.269 e. The Kier molecular flexibility index (Phi) is 5.10. The molecule has 2 amide bonds. The first-order valence-corrected chi connectivity index (χ1v) is 9.20. The number of rotatable bonds is 3. The molecule has 144 valence electrons. The Morgan fingerprint density at radius 1 is 0.966 bits per heavy atom. The first-order valence-electron chi connectivity index (χ1n) is 8.82. The summed E-state index contributed by atoms with van der Waals surface area (Å²) in [5.41, 5.74) is 1.89. The predicted molar refractivity (Wildman–Crippen MR) is 110 cm³/mol. The maximum atomic E-state index is 14.5. The third-order valence-corrected chi connectivity index (χ3v) is 4.70. The summed E-state index contributed by atoms with van der Waals surface area (Å²) in [6.07, 6.45) is -1.24.